The van der Waals surface area contributed by atoms with Crippen molar-refractivity contribution in [3.8, 4) is 11.1 Å². The summed E-state index contributed by atoms with van der Waals surface area (Å²) in [7, 11) is 0. The van der Waals surface area contributed by atoms with Gasteiger partial charge in [-0.1, -0.05) is 99.1 Å². The van der Waals surface area contributed by atoms with Crippen molar-refractivity contribution >= 4 is 17.8 Å². The first-order valence-electron chi connectivity index (χ1n) is 16.1. The van der Waals surface area contributed by atoms with E-state index >= 15 is 0 Å². The quantitative estimate of drug-likeness (QED) is 0.252. The van der Waals surface area contributed by atoms with Crippen LogP contribution in [0.25, 0.3) is 11.1 Å². The first kappa shape index (κ1) is 32.4. The highest BCUT2D eigenvalue weighted by molar-refractivity contribution is 5.92. The Morgan fingerprint density at radius 1 is 0.978 bits per heavy atom. The topological polar surface area (TPSA) is 93.7 Å². The Morgan fingerprint density at radius 2 is 1.71 bits per heavy atom. The van der Waals surface area contributed by atoms with E-state index in [1.54, 1.807) is 13.8 Å². The lowest BCUT2D eigenvalue weighted by Gasteiger charge is -2.33. The van der Waals surface area contributed by atoms with Crippen LogP contribution in [0.2, 0.25) is 0 Å². The zero-order chi connectivity index (χ0) is 32.4. The van der Waals surface area contributed by atoms with Crippen molar-refractivity contribution in [3.05, 3.63) is 95.1 Å². The summed E-state index contributed by atoms with van der Waals surface area (Å²) in [6.45, 7) is 11.2. The summed E-state index contributed by atoms with van der Waals surface area (Å²) in [5, 5.41) is 6.22. The van der Waals surface area contributed by atoms with Crippen molar-refractivity contribution < 1.29 is 23.9 Å². The smallest absolute Gasteiger partial charge is 0.338 e. The third kappa shape index (κ3) is 7.64. The zero-order valence-corrected chi connectivity index (χ0v) is 27.3. The van der Waals surface area contributed by atoms with Crippen LogP contribution in [-0.4, -0.2) is 35.7 Å². The van der Waals surface area contributed by atoms with Crippen LogP contribution in [-0.2, 0) is 36.7 Å². The fourth-order valence-corrected chi connectivity index (χ4v) is 6.58. The molecule has 1 aliphatic heterocycles. The molecule has 0 aromatic heterocycles. The molecule has 0 radical (unpaired) electrons. The number of ether oxygens (including phenoxy) is 2. The minimum Gasteiger partial charge on any atom is -0.432 e. The van der Waals surface area contributed by atoms with Gasteiger partial charge in [0.2, 0.25) is 17.6 Å². The molecule has 0 saturated carbocycles. The molecular formula is C38H46N2O5. The van der Waals surface area contributed by atoms with E-state index < -0.39 is 35.2 Å². The van der Waals surface area contributed by atoms with Crippen molar-refractivity contribution in [2.24, 2.45) is 11.3 Å². The van der Waals surface area contributed by atoms with Gasteiger partial charge in [-0.2, -0.15) is 0 Å². The zero-order valence-electron chi connectivity index (χ0n) is 27.3. The monoisotopic (exact) mass is 610 g/mol. The van der Waals surface area contributed by atoms with E-state index in [1.165, 1.54) is 16.7 Å². The predicted molar refractivity (Wildman–Crippen MR) is 175 cm³/mol. The molecule has 7 heteroatoms. The number of amides is 2. The maximum absolute atomic E-state index is 14.1. The molecule has 45 heavy (non-hydrogen) atoms. The molecule has 0 unspecified atom stereocenters. The van der Waals surface area contributed by atoms with Gasteiger partial charge in [-0.25, -0.2) is 4.79 Å². The number of nitrogens with one attached hydrogen (secondary N) is 2. The average molecular weight is 611 g/mol. The lowest BCUT2D eigenvalue weighted by molar-refractivity contribution is -0.162. The summed E-state index contributed by atoms with van der Waals surface area (Å²) in [6, 6.07) is 23.9. The third-order valence-electron chi connectivity index (χ3n) is 8.86. The average Bonchev–Trinajstić information content (AvgIpc) is 3.51. The van der Waals surface area contributed by atoms with Crippen LogP contribution in [0.5, 0.6) is 0 Å². The number of cyclic esters (lactones) is 1. The van der Waals surface area contributed by atoms with Gasteiger partial charge in [-0.05, 0) is 72.3 Å². The van der Waals surface area contributed by atoms with Gasteiger partial charge in [-0.15, -0.1) is 0 Å². The van der Waals surface area contributed by atoms with Crippen LogP contribution in [0.15, 0.2) is 72.8 Å². The fraction of sp³-hybridized carbons (Fsp3) is 0.447. The summed E-state index contributed by atoms with van der Waals surface area (Å²) in [4.78, 5) is 40.8. The van der Waals surface area contributed by atoms with Crippen molar-refractivity contribution in [1.82, 2.24) is 10.6 Å². The Morgan fingerprint density at radius 3 is 2.42 bits per heavy atom. The van der Waals surface area contributed by atoms with Gasteiger partial charge in [0.15, 0.2) is 6.10 Å². The van der Waals surface area contributed by atoms with E-state index in [1.807, 2.05) is 45.0 Å². The van der Waals surface area contributed by atoms with E-state index in [4.69, 9.17) is 9.47 Å². The number of esters is 1. The van der Waals surface area contributed by atoms with Gasteiger partial charge in [0.1, 0.15) is 6.04 Å². The Kier molecular flexibility index (Phi) is 9.49. The van der Waals surface area contributed by atoms with Crippen molar-refractivity contribution in [2.45, 2.75) is 97.6 Å². The molecule has 0 spiro atoms. The normalized spacial score (nSPS) is 20.2. The summed E-state index contributed by atoms with van der Waals surface area (Å²) in [5.74, 6) is -3.13. The molecule has 1 saturated heterocycles. The number of carbonyl (C=O) groups excluding carboxylic acids is 3. The Hall–Kier alpha value is -3.97. The van der Waals surface area contributed by atoms with Gasteiger partial charge in [0.05, 0.1) is 12.0 Å². The Balaban J connectivity index is 1.33. The number of fused-ring (bicyclic) bond motifs is 1. The highest BCUT2D eigenvalue weighted by Crippen LogP contribution is 2.34. The van der Waals surface area contributed by atoms with Crippen LogP contribution in [0.4, 0.5) is 0 Å². The lowest BCUT2D eigenvalue weighted by Crippen LogP contribution is -2.56. The van der Waals surface area contributed by atoms with E-state index in [0.29, 0.717) is 19.3 Å². The highest BCUT2D eigenvalue weighted by atomic mass is 16.8. The molecule has 2 N–H and O–H groups in total. The number of hydrogen-bond acceptors (Lipinski definition) is 5. The summed E-state index contributed by atoms with van der Waals surface area (Å²) < 4.78 is 11.5. The van der Waals surface area contributed by atoms with Gasteiger partial charge in [0, 0.05) is 13.8 Å². The van der Waals surface area contributed by atoms with E-state index in [9.17, 15) is 14.4 Å². The van der Waals surface area contributed by atoms with Crippen molar-refractivity contribution in [3.63, 3.8) is 0 Å². The molecule has 3 aromatic carbocycles. The van der Waals surface area contributed by atoms with E-state index in [-0.39, 0.29) is 17.9 Å². The van der Waals surface area contributed by atoms with Crippen LogP contribution in [0.3, 0.4) is 0 Å². The van der Waals surface area contributed by atoms with Crippen LogP contribution in [0.1, 0.15) is 82.2 Å². The minimum atomic E-state index is -1.13. The van der Waals surface area contributed by atoms with Gasteiger partial charge in [0.25, 0.3) is 0 Å². The van der Waals surface area contributed by atoms with E-state index in [0.717, 1.165) is 29.5 Å². The molecule has 3 aromatic rings. The molecule has 1 fully saturated rings. The number of benzene rings is 3. The summed E-state index contributed by atoms with van der Waals surface area (Å²) in [6.07, 6.45) is 2.40. The molecule has 5 rings (SSSR count). The number of aryl methyl sites for hydroxylation is 3. The third-order valence-corrected chi connectivity index (χ3v) is 8.86. The van der Waals surface area contributed by atoms with Gasteiger partial charge >= 0.3 is 5.97 Å². The summed E-state index contributed by atoms with van der Waals surface area (Å²) >= 11 is 0. The maximum Gasteiger partial charge on any atom is 0.338 e. The Bertz CT molecular complexity index is 1560. The molecular weight excluding hydrogens is 564 g/mol. The molecule has 1 aliphatic carbocycles. The predicted octanol–water partition coefficient (Wildman–Crippen LogP) is 6.61. The highest BCUT2D eigenvalue weighted by Gasteiger charge is 2.48. The van der Waals surface area contributed by atoms with Crippen LogP contribution in [0, 0.1) is 18.3 Å². The van der Waals surface area contributed by atoms with Gasteiger partial charge in [-0.3, -0.25) is 9.59 Å². The second-order valence-electron chi connectivity index (χ2n) is 14.0. The first-order valence-corrected chi connectivity index (χ1v) is 16.1. The second-order valence-corrected chi connectivity index (χ2v) is 14.0. The Labute approximate surface area is 267 Å². The summed E-state index contributed by atoms with van der Waals surface area (Å²) in [5.41, 5.74) is 6.44. The SMILES string of the molecule is Cc1cccc(-c2ccccc2CCC[C@@H](C(=O)N[C@H](C(=O)N[C@@H]2CCc3ccccc32)C(C)(C)C)[C@@H]2OC(C)(C)OC2=O)c1. The van der Waals surface area contributed by atoms with Crippen LogP contribution >= 0.6 is 0 Å². The van der Waals surface area contributed by atoms with Gasteiger partial charge < -0.3 is 20.1 Å². The molecule has 1 heterocycles. The molecule has 4 atom stereocenters. The maximum atomic E-state index is 14.1. The minimum absolute atomic E-state index is 0.103. The number of rotatable bonds is 10. The largest absolute Gasteiger partial charge is 0.432 e. The molecule has 2 amide bonds. The van der Waals surface area contributed by atoms with Crippen molar-refractivity contribution in [1.29, 1.82) is 0 Å². The number of carbonyl (C=O) groups is 3. The van der Waals surface area contributed by atoms with E-state index in [2.05, 4.69) is 66.1 Å². The molecule has 2 aliphatic rings. The first-order chi connectivity index (χ1) is 21.3. The second kappa shape index (κ2) is 13.2. The molecule has 7 nitrogen and oxygen atoms in total. The van der Waals surface area contributed by atoms with Crippen LogP contribution < -0.4 is 10.6 Å². The molecule has 0 bridgehead atoms. The standard InChI is InChI=1S/C38H46N2O5/c1-24-13-11-17-27(23-24)28-18-9-7-14-25(28)16-12-20-30(32-36(43)45-38(5,6)44-32)34(41)40-33(37(2,3)4)35(42)39-31-22-21-26-15-8-10-19-29(26)31/h7-11,13-15,17-19,23,30-33H,12,16,20-22H2,1-6H3,(H,39,42)(H,40,41)/t30-,31-,32+,33-/m1/s1. The fourth-order valence-electron chi connectivity index (χ4n) is 6.58. The van der Waals surface area contributed by atoms with Crippen molar-refractivity contribution in [2.75, 3.05) is 0 Å². The molecule has 238 valence electrons. The number of hydrogen-bond donors (Lipinski definition) is 2. The lowest BCUT2D eigenvalue weighted by atomic mass is 9.84.